The highest BCUT2D eigenvalue weighted by molar-refractivity contribution is 6.43. The van der Waals surface area contributed by atoms with Gasteiger partial charge in [0.15, 0.2) is 5.78 Å². The highest BCUT2D eigenvalue weighted by Gasteiger charge is 2.20. The first-order chi connectivity index (χ1) is 12.0. The Balaban J connectivity index is 1.63. The third-order valence-electron chi connectivity index (χ3n) is 3.77. The van der Waals surface area contributed by atoms with Gasteiger partial charge in [0.1, 0.15) is 6.33 Å². The summed E-state index contributed by atoms with van der Waals surface area (Å²) in [6.07, 6.45) is 4.93. The van der Waals surface area contributed by atoms with E-state index in [9.17, 15) is 14.4 Å². The molecule has 2 heterocycles. The summed E-state index contributed by atoms with van der Waals surface area (Å²) in [4.78, 5) is 38.8. The lowest BCUT2D eigenvalue weighted by atomic mass is 10.1. The zero-order valence-corrected chi connectivity index (χ0v) is 13.6. The first-order valence-corrected chi connectivity index (χ1v) is 7.71. The number of ketones is 3. The third-order valence-corrected chi connectivity index (χ3v) is 3.77. The number of carbonyl (C=O) groups excluding carboxylic acids is 3. The van der Waals surface area contributed by atoms with Crippen molar-refractivity contribution in [2.45, 2.75) is 19.9 Å². The van der Waals surface area contributed by atoms with E-state index in [1.807, 2.05) is 29.1 Å². The van der Waals surface area contributed by atoms with Crippen molar-refractivity contribution in [2.75, 3.05) is 0 Å². The Kier molecular flexibility index (Phi) is 4.65. The van der Waals surface area contributed by atoms with Gasteiger partial charge in [0.25, 0.3) is 5.78 Å². The zero-order valence-electron chi connectivity index (χ0n) is 13.6. The Hall–Kier alpha value is -3.35. The van der Waals surface area contributed by atoms with E-state index in [1.54, 1.807) is 18.2 Å². The number of Topliss-reactive ketones (excluding diaryl/α,β-unsaturated/α-hetero) is 3. The summed E-state index contributed by atoms with van der Waals surface area (Å²) in [6.45, 7) is 2.14. The summed E-state index contributed by atoms with van der Waals surface area (Å²) in [5.41, 5.74) is 2.46. The van der Waals surface area contributed by atoms with Crippen molar-refractivity contribution in [2.24, 2.45) is 0 Å². The molecule has 3 rings (SSSR count). The van der Waals surface area contributed by atoms with Gasteiger partial charge in [-0.1, -0.05) is 24.3 Å². The van der Waals surface area contributed by atoms with Crippen LogP contribution in [0.5, 0.6) is 0 Å². The minimum absolute atomic E-state index is 0.00362. The standard InChI is InChI=1S/C18H16N4O3/c1-12(23)15-4-2-13(3-5-15)9-22-7-6-14(10-22)8-16(24)17(25)18-19-11-20-21-18/h2-7,10-11H,8-9H2,1H3,(H,19,20,21). The first-order valence-electron chi connectivity index (χ1n) is 7.71. The molecule has 0 bridgehead atoms. The van der Waals surface area contributed by atoms with Gasteiger partial charge in [0.05, 0.1) is 0 Å². The van der Waals surface area contributed by atoms with Crippen LogP contribution in [-0.2, 0) is 17.8 Å². The molecule has 2 aromatic heterocycles. The maximum absolute atomic E-state index is 12.0. The predicted molar refractivity (Wildman–Crippen MR) is 89.4 cm³/mol. The normalized spacial score (nSPS) is 10.6. The summed E-state index contributed by atoms with van der Waals surface area (Å²) in [5.74, 6) is -1.34. The van der Waals surface area contributed by atoms with Crippen molar-refractivity contribution in [3.05, 3.63) is 71.6 Å². The average Bonchev–Trinajstić information content (AvgIpc) is 3.27. The number of carbonyl (C=O) groups is 3. The van der Waals surface area contributed by atoms with Gasteiger partial charge in [-0.05, 0) is 24.1 Å². The Bertz CT molecular complexity index is 908. The van der Waals surface area contributed by atoms with E-state index in [2.05, 4.69) is 15.2 Å². The maximum Gasteiger partial charge on any atom is 0.267 e. The van der Waals surface area contributed by atoms with E-state index in [1.165, 1.54) is 13.3 Å². The quantitative estimate of drug-likeness (QED) is 0.524. The molecule has 7 nitrogen and oxygen atoms in total. The highest BCUT2D eigenvalue weighted by atomic mass is 16.2. The molecule has 0 saturated heterocycles. The van der Waals surface area contributed by atoms with Crippen molar-refractivity contribution >= 4 is 17.3 Å². The van der Waals surface area contributed by atoms with E-state index in [-0.39, 0.29) is 18.0 Å². The number of hydrogen-bond acceptors (Lipinski definition) is 5. The number of rotatable bonds is 7. The molecule has 0 aliphatic heterocycles. The molecular weight excluding hydrogens is 320 g/mol. The van der Waals surface area contributed by atoms with E-state index >= 15 is 0 Å². The van der Waals surface area contributed by atoms with Crippen LogP contribution in [0.25, 0.3) is 0 Å². The lowest BCUT2D eigenvalue weighted by Crippen LogP contribution is -2.18. The number of benzene rings is 1. The van der Waals surface area contributed by atoms with E-state index in [0.29, 0.717) is 12.1 Å². The van der Waals surface area contributed by atoms with Crippen LogP contribution in [0.1, 0.15) is 39.0 Å². The molecule has 0 atom stereocenters. The predicted octanol–water partition coefficient (Wildman–Crippen LogP) is 1.85. The maximum atomic E-state index is 12.0. The molecule has 0 unspecified atom stereocenters. The van der Waals surface area contributed by atoms with Crippen molar-refractivity contribution in [3.63, 3.8) is 0 Å². The van der Waals surface area contributed by atoms with Gasteiger partial charge in [0, 0.05) is 30.9 Å². The summed E-state index contributed by atoms with van der Waals surface area (Å²) in [7, 11) is 0. The third kappa shape index (κ3) is 3.95. The van der Waals surface area contributed by atoms with Gasteiger partial charge in [-0.15, -0.1) is 5.10 Å². The van der Waals surface area contributed by atoms with Crippen LogP contribution in [0, 0.1) is 0 Å². The fourth-order valence-corrected chi connectivity index (χ4v) is 2.46. The van der Waals surface area contributed by atoms with Crippen LogP contribution in [-0.4, -0.2) is 37.1 Å². The van der Waals surface area contributed by atoms with Gasteiger partial charge in [-0.3, -0.25) is 19.5 Å². The van der Waals surface area contributed by atoms with Crippen LogP contribution < -0.4 is 0 Å². The number of nitrogens with one attached hydrogen (secondary N) is 1. The van der Waals surface area contributed by atoms with Gasteiger partial charge in [0.2, 0.25) is 11.6 Å². The lowest BCUT2D eigenvalue weighted by Gasteiger charge is -2.04. The molecule has 0 spiro atoms. The van der Waals surface area contributed by atoms with Crippen LogP contribution in [0.3, 0.4) is 0 Å². The molecule has 0 aliphatic rings. The molecule has 0 radical (unpaired) electrons. The van der Waals surface area contributed by atoms with Gasteiger partial charge in [-0.25, -0.2) is 4.98 Å². The first kappa shape index (κ1) is 16.5. The van der Waals surface area contributed by atoms with Crippen LogP contribution >= 0.6 is 0 Å². The van der Waals surface area contributed by atoms with E-state index in [4.69, 9.17) is 0 Å². The Morgan fingerprint density at radius 3 is 2.48 bits per heavy atom. The largest absolute Gasteiger partial charge is 0.350 e. The second kappa shape index (κ2) is 7.04. The lowest BCUT2D eigenvalue weighted by molar-refractivity contribution is -0.114. The summed E-state index contributed by atoms with van der Waals surface area (Å²) >= 11 is 0. The molecule has 1 N–H and O–H groups in total. The zero-order chi connectivity index (χ0) is 17.8. The minimum atomic E-state index is -0.700. The number of aromatic amines is 1. The Morgan fingerprint density at radius 1 is 1.08 bits per heavy atom. The second-order valence-electron chi connectivity index (χ2n) is 5.70. The molecule has 0 saturated carbocycles. The van der Waals surface area contributed by atoms with Gasteiger partial charge >= 0.3 is 0 Å². The van der Waals surface area contributed by atoms with Crippen LogP contribution in [0.2, 0.25) is 0 Å². The van der Waals surface area contributed by atoms with Crippen molar-refractivity contribution in [1.29, 1.82) is 0 Å². The molecule has 1 aromatic carbocycles. The van der Waals surface area contributed by atoms with Crippen molar-refractivity contribution in [1.82, 2.24) is 19.7 Å². The molecule has 126 valence electrons. The Morgan fingerprint density at radius 2 is 1.84 bits per heavy atom. The van der Waals surface area contributed by atoms with Crippen molar-refractivity contribution in [3.8, 4) is 0 Å². The topological polar surface area (TPSA) is 97.7 Å². The average molecular weight is 336 g/mol. The number of H-pyrrole nitrogens is 1. The molecular formula is C18H16N4O3. The monoisotopic (exact) mass is 336 g/mol. The molecule has 0 aliphatic carbocycles. The summed E-state index contributed by atoms with van der Waals surface area (Å²) < 4.78 is 1.92. The number of aromatic nitrogens is 4. The van der Waals surface area contributed by atoms with E-state index in [0.717, 1.165) is 11.1 Å². The second-order valence-corrected chi connectivity index (χ2v) is 5.70. The molecule has 0 fully saturated rings. The van der Waals surface area contributed by atoms with Crippen LogP contribution in [0.15, 0.2) is 49.1 Å². The smallest absolute Gasteiger partial charge is 0.267 e. The number of nitrogens with zero attached hydrogens (tertiary/aromatic N) is 3. The van der Waals surface area contributed by atoms with Gasteiger partial charge in [-0.2, -0.15) is 0 Å². The fourth-order valence-electron chi connectivity index (χ4n) is 2.46. The molecule has 7 heteroatoms. The fraction of sp³-hybridized carbons (Fsp3) is 0.167. The molecule has 25 heavy (non-hydrogen) atoms. The molecule has 3 aromatic rings. The minimum Gasteiger partial charge on any atom is -0.350 e. The summed E-state index contributed by atoms with van der Waals surface area (Å²) in [6, 6.07) is 9.18. The highest BCUT2D eigenvalue weighted by Crippen LogP contribution is 2.10. The number of hydrogen-bond donors (Lipinski definition) is 1. The van der Waals surface area contributed by atoms with Crippen LogP contribution in [0.4, 0.5) is 0 Å². The SMILES string of the molecule is CC(=O)c1ccc(Cn2ccc(CC(=O)C(=O)c3nc[nH]n3)c2)cc1. The van der Waals surface area contributed by atoms with Gasteiger partial charge < -0.3 is 4.57 Å². The summed E-state index contributed by atoms with van der Waals surface area (Å²) in [5, 5.41) is 6.04. The molecule has 0 amide bonds. The van der Waals surface area contributed by atoms with Crippen molar-refractivity contribution < 1.29 is 14.4 Å². The Labute approximate surface area is 143 Å². The van der Waals surface area contributed by atoms with E-state index < -0.39 is 11.6 Å².